The third-order valence-electron chi connectivity index (χ3n) is 5.00. The summed E-state index contributed by atoms with van der Waals surface area (Å²) >= 11 is 3.41. The number of carbonyl (C=O) groups is 2. The molecule has 3 rings (SSSR count). The summed E-state index contributed by atoms with van der Waals surface area (Å²) in [6, 6.07) is 15.7. The summed E-state index contributed by atoms with van der Waals surface area (Å²) in [6.07, 6.45) is 3.21. The van der Waals surface area contributed by atoms with Gasteiger partial charge in [0.1, 0.15) is 6.04 Å². The molecule has 1 heterocycles. The fourth-order valence-corrected chi connectivity index (χ4v) is 5.09. The molecule has 0 radical (unpaired) electrons. The van der Waals surface area contributed by atoms with Crippen LogP contribution in [0.2, 0.25) is 0 Å². The minimum absolute atomic E-state index is 0.0113. The molecule has 0 fully saturated rings. The van der Waals surface area contributed by atoms with Gasteiger partial charge in [-0.1, -0.05) is 24.3 Å². The third kappa shape index (κ3) is 5.37. The molecule has 154 valence electrons. The van der Waals surface area contributed by atoms with E-state index in [1.165, 1.54) is 10.5 Å². The molecule has 2 aromatic carbocycles. The van der Waals surface area contributed by atoms with Crippen molar-refractivity contribution in [3.8, 4) is 0 Å². The predicted octanol–water partition coefficient (Wildman–Crippen LogP) is 4.76. The molecule has 1 aliphatic rings. The molecule has 1 N–H and O–H groups in total. The number of para-hydroxylation sites is 1. The SMILES string of the molecule is CSc1ccc(CCNC(=O)[C@H](C)N2C(=O)CC(C)(C)Sc3ccccc32)cc1. The maximum Gasteiger partial charge on any atom is 0.242 e. The van der Waals surface area contributed by atoms with Crippen LogP contribution in [0, 0.1) is 0 Å². The van der Waals surface area contributed by atoms with Crippen LogP contribution in [-0.2, 0) is 16.0 Å². The molecule has 0 saturated heterocycles. The van der Waals surface area contributed by atoms with Crippen LogP contribution in [0.5, 0.6) is 0 Å². The second-order valence-corrected chi connectivity index (χ2v) is 10.5. The van der Waals surface area contributed by atoms with E-state index in [2.05, 4.69) is 49.7 Å². The molecule has 0 bridgehead atoms. The van der Waals surface area contributed by atoms with Gasteiger partial charge in [-0.2, -0.15) is 0 Å². The zero-order valence-corrected chi connectivity index (χ0v) is 19.0. The van der Waals surface area contributed by atoms with Crippen LogP contribution < -0.4 is 10.2 Å². The lowest BCUT2D eigenvalue weighted by Gasteiger charge is -2.28. The Labute approximate surface area is 181 Å². The van der Waals surface area contributed by atoms with Crippen molar-refractivity contribution in [1.82, 2.24) is 5.32 Å². The molecule has 4 nitrogen and oxygen atoms in total. The van der Waals surface area contributed by atoms with Crippen LogP contribution >= 0.6 is 23.5 Å². The fourth-order valence-electron chi connectivity index (χ4n) is 3.47. The van der Waals surface area contributed by atoms with Gasteiger partial charge in [0.05, 0.1) is 5.69 Å². The quantitative estimate of drug-likeness (QED) is 0.674. The number of carbonyl (C=O) groups excluding carboxylic acids is 2. The van der Waals surface area contributed by atoms with Crippen LogP contribution in [0.4, 0.5) is 5.69 Å². The number of rotatable bonds is 6. The van der Waals surface area contributed by atoms with Crippen molar-refractivity contribution in [3.63, 3.8) is 0 Å². The zero-order valence-electron chi connectivity index (χ0n) is 17.4. The van der Waals surface area contributed by atoms with Gasteiger partial charge in [0, 0.05) is 27.5 Å². The molecule has 0 unspecified atom stereocenters. The van der Waals surface area contributed by atoms with Gasteiger partial charge in [-0.05, 0) is 63.3 Å². The highest BCUT2D eigenvalue weighted by Gasteiger charge is 2.36. The highest BCUT2D eigenvalue weighted by Crippen LogP contribution is 2.44. The van der Waals surface area contributed by atoms with E-state index in [1.807, 2.05) is 24.3 Å². The molecule has 1 atom stereocenters. The largest absolute Gasteiger partial charge is 0.354 e. The van der Waals surface area contributed by atoms with Gasteiger partial charge in [-0.15, -0.1) is 23.5 Å². The van der Waals surface area contributed by atoms with E-state index in [-0.39, 0.29) is 16.6 Å². The first-order chi connectivity index (χ1) is 13.8. The van der Waals surface area contributed by atoms with Gasteiger partial charge in [-0.3, -0.25) is 14.5 Å². The zero-order chi connectivity index (χ0) is 21.0. The summed E-state index contributed by atoms with van der Waals surface area (Å²) in [5.74, 6) is -0.138. The van der Waals surface area contributed by atoms with Crippen molar-refractivity contribution in [2.24, 2.45) is 0 Å². The number of benzene rings is 2. The first-order valence-electron chi connectivity index (χ1n) is 9.81. The summed E-state index contributed by atoms with van der Waals surface area (Å²) in [5, 5.41) is 3.00. The number of nitrogens with zero attached hydrogens (tertiary/aromatic N) is 1. The minimum atomic E-state index is -0.558. The van der Waals surface area contributed by atoms with Crippen molar-refractivity contribution in [1.29, 1.82) is 0 Å². The lowest BCUT2D eigenvalue weighted by molar-refractivity contribution is -0.126. The molecule has 0 aromatic heterocycles. The Kier molecular flexibility index (Phi) is 6.96. The van der Waals surface area contributed by atoms with Crippen molar-refractivity contribution in [2.45, 2.75) is 54.2 Å². The lowest BCUT2D eigenvalue weighted by Crippen LogP contribution is -2.49. The Morgan fingerprint density at radius 3 is 2.59 bits per heavy atom. The van der Waals surface area contributed by atoms with Crippen molar-refractivity contribution >= 4 is 41.0 Å². The van der Waals surface area contributed by atoms with E-state index >= 15 is 0 Å². The summed E-state index contributed by atoms with van der Waals surface area (Å²) in [4.78, 5) is 29.8. The van der Waals surface area contributed by atoms with E-state index in [0.717, 1.165) is 17.0 Å². The summed E-state index contributed by atoms with van der Waals surface area (Å²) in [5.41, 5.74) is 2.01. The van der Waals surface area contributed by atoms with E-state index in [9.17, 15) is 9.59 Å². The van der Waals surface area contributed by atoms with Crippen LogP contribution in [0.15, 0.2) is 58.3 Å². The number of amides is 2. The molecule has 29 heavy (non-hydrogen) atoms. The Bertz CT molecular complexity index is 881. The number of anilines is 1. The normalized spacial score (nSPS) is 16.7. The second-order valence-electron chi connectivity index (χ2n) is 7.84. The molecule has 2 amide bonds. The van der Waals surface area contributed by atoms with E-state index in [1.54, 1.807) is 35.3 Å². The number of hydrogen-bond donors (Lipinski definition) is 1. The highest BCUT2D eigenvalue weighted by molar-refractivity contribution is 8.00. The average molecular weight is 429 g/mol. The molecule has 1 aliphatic heterocycles. The summed E-state index contributed by atoms with van der Waals surface area (Å²) < 4.78 is -0.207. The molecular weight excluding hydrogens is 400 g/mol. The minimum Gasteiger partial charge on any atom is -0.354 e. The molecule has 0 spiro atoms. The van der Waals surface area contributed by atoms with E-state index in [4.69, 9.17) is 0 Å². The lowest BCUT2D eigenvalue weighted by atomic mass is 10.1. The summed E-state index contributed by atoms with van der Waals surface area (Å²) in [7, 11) is 0. The number of fused-ring (bicyclic) bond motifs is 1. The van der Waals surface area contributed by atoms with Crippen LogP contribution in [0.25, 0.3) is 0 Å². The van der Waals surface area contributed by atoms with Gasteiger partial charge in [0.2, 0.25) is 11.8 Å². The Morgan fingerprint density at radius 2 is 1.90 bits per heavy atom. The molecule has 0 aliphatic carbocycles. The fraction of sp³-hybridized carbons (Fsp3) is 0.391. The van der Waals surface area contributed by atoms with Crippen LogP contribution in [0.1, 0.15) is 32.8 Å². The van der Waals surface area contributed by atoms with Crippen molar-refractivity contribution in [2.75, 3.05) is 17.7 Å². The van der Waals surface area contributed by atoms with Crippen molar-refractivity contribution < 1.29 is 9.59 Å². The molecular formula is C23H28N2O2S2. The van der Waals surface area contributed by atoms with Gasteiger partial charge in [0.25, 0.3) is 0 Å². The summed E-state index contributed by atoms with van der Waals surface area (Å²) in [6.45, 7) is 6.50. The molecule has 0 saturated carbocycles. The van der Waals surface area contributed by atoms with Gasteiger partial charge >= 0.3 is 0 Å². The third-order valence-corrected chi connectivity index (χ3v) is 7.00. The predicted molar refractivity (Wildman–Crippen MR) is 123 cm³/mol. The number of hydrogen-bond acceptors (Lipinski definition) is 4. The maximum absolute atomic E-state index is 13.0. The topological polar surface area (TPSA) is 49.4 Å². The Hall–Kier alpha value is -1.92. The molecule has 2 aromatic rings. The maximum atomic E-state index is 13.0. The number of nitrogens with one attached hydrogen (secondary N) is 1. The second kappa shape index (κ2) is 9.26. The Balaban J connectivity index is 1.68. The first-order valence-corrected chi connectivity index (χ1v) is 11.9. The van der Waals surface area contributed by atoms with Gasteiger partial charge in [-0.25, -0.2) is 0 Å². The van der Waals surface area contributed by atoms with Gasteiger partial charge < -0.3 is 5.32 Å². The van der Waals surface area contributed by atoms with Crippen molar-refractivity contribution in [3.05, 3.63) is 54.1 Å². The van der Waals surface area contributed by atoms with Crippen LogP contribution in [0.3, 0.4) is 0 Å². The van der Waals surface area contributed by atoms with Gasteiger partial charge in [0.15, 0.2) is 0 Å². The highest BCUT2D eigenvalue weighted by atomic mass is 32.2. The van der Waals surface area contributed by atoms with E-state index < -0.39 is 6.04 Å². The Morgan fingerprint density at radius 1 is 1.21 bits per heavy atom. The smallest absolute Gasteiger partial charge is 0.242 e. The van der Waals surface area contributed by atoms with Crippen LogP contribution in [-0.4, -0.2) is 35.4 Å². The standard InChI is InChI=1S/C23H28N2O2S2/c1-16(22(27)24-14-13-17-9-11-18(28-4)12-10-17)25-19-7-5-6-8-20(19)29-23(2,3)15-21(25)26/h5-12,16H,13-15H2,1-4H3,(H,24,27)/t16-/m0/s1. The average Bonchev–Trinajstić information content (AvgIpc) is 2.79. The monoisotopic (exact) mass is 428 g/mol. The molecule has 6 heteroatoms. The number of thioether (sulfide) groups is 2. The first kappa shape index (κ1) is 21.8. The van der Waals surface area contributed by atoms with E-state index in [0.29, 0.717) is 13.0 Å².